The van der Waals surface area contributed by atoms with E-state index in [1.807, 2.05) is 17.9 Å². The average Bonchev–Trinajstić information content (AvgIpc) is 3.32. The van der Waals surface area contributed by atoms with Crippen molar-refractivity contribution in [3.8, 4) is 0 Å². The van der Waals surface area contributed by atoms with Crippen LogP contribution in [-0.2, 0) is 4.79 Å². The fourth-order valence-corrected chi connectivity index (χ4v) is 4.80. The molecule has 2 aliphatic rings. The second kappa shape index (κ2) is 10.0. The topological polar surface area (TPSA) is 100 Å². The van der Waals surface area contributed by atoms with Gasteiger partial charge in [0.25, 0.3) is 5.91 Å². The average molecular weight is 436 g/mol. The second-order valence-corrected chi connectivity index (χ2v) is 8.86. The number of primary amides is 1. The molecule has 1 aromatic carbocycles. The first kappa shape index (κ1) is 22.1. The third-order valence-corrected chi connectivity index (χ3v) is 6.69. The Bertz CT molecular complexity index is 945. The Morgan fingerprint density at radius 1 is 1.09 bits per heavy atom. The van der Waals surface area contributed by atoms with Crippen molar-refractivity contribution in [2.75, 3.05) is 23.7 Å². The zero-order chi connectivity index (χ0) is 22.5. The van der Waals surface area contributed by atoms with Crippen molar-refractivity contribution in [3.63, 3.8) is 0 Å². The van der Waals surface area contributed by atoms with Crippen molar-refractivity contribution in [2.45, 2.75) is 63.8 Å². The highest BCUT2D eigenvalue weighted by Gasteiger charge is 2.23. The summed E-state index contributed by atoms with van der Waals surface area (Å²) in [5.41, 5.74) is 8.96. The molecule has 7 nitrogen and oxygen atoms in total. The number of hydrogen-bond acceptors (Lipinski definition) is 5. The van der Waals surface area contributed by atoms with Crippen molar-refractivity contribution in [3.05, 3.63) is 47.7 Å². The van der Waals surface area contributed by atoms with E-state index in [0.717, 1.165) is 50.1 Å². The van der Waals surface area contributed by atoms with Crippen molar-refractivity contribution in [2.24, 2.45) is 5.73 Å². The molecule has 1 aliphatic heterocycles. The number of nitrogens with one attached hydrogen (secondary N) is 2. The van der Waals surface area contributed by atoms with E-state index in [4.69, 9.17) is 5.73 Å². The molecule has 0 spiro atoms. The van der Waals surface area contributed by atoms with Crippen LogP contribution in [0.4, 0.5) is 17.2 Å². The van der Waals surface area contributed by atoms with Crippen LogP contribution in [0.15, 0.2) is 36.5 Å². The maximum atomic E-state index is 11.9. The fraction of sp³-hybridized carbons (Fsp3) is 0.480. The first-order chi connectivity index (χ1) is 15.5. The Hall–Kier alpha value is -3.09. The van der Waals surface area contributed by atoms with Crippen LogP contribution in [0.3, 0.4) is 0 Å². The molecule has 1 saturated carbocycles. The number of aromatic nitrogens is 1. The minimum atomic E-state index is -0.472. The molecule has 0 radical (unpaired) electrons. The molecule has 4 N–H and O–H groups in total. The predicted molar refractivity (Wildman–Crippen MR) is 127 cm³/mol. The van der Waals surface area contributed by atoms with Crippen LogP contribution < -0.4 is 16.4 Å². The lowest BCUT2D eigenvalue weighted by Crippen LogP contribution is -2.37. The summed E-state index contributed by atoms with van der Waals surface area (Å²) in [6.07, 6.45) is 8.77. The lowest BCUT2D eigenvalue weighted by Gasteiger charge is -2.32. The maximum absolute atomic E-state index is 11.9. The number of amides is 2. The molecular formula is C25H33N5O2. The quantitative estimate of drug-likeness (QED) is 0.599. The zero-order valence-electron chi connectivity index (χ0n) is 18.8. The van der Waals surface area contributed by atoms with Gasteiger partial charge in [-0.1, -0.05) is 31.9 Å². The maximum Gasteiger partial charge on any atom is 0.252 e. The fourth-order valence-electron chi connectivity index (χ4n) is 4.80. The van der Waals surface area contributed by atoms with E-state index in [1.165, 1.54) is 18.4 Å². The molecule has 2 amide bonds. The highest BCUT2D eigenvalue weighted by atomic mass is 16.2. The first-order valence-corrected chi connectivity index (χ1v) is 11.7. The molecule has 170 valence electrons. The number of nitrogens with zero attached hydrogens (tertiary/aromatic N) is 2. The number of benzene rings is 1. The standard InChI is InChI=1S/C25H33N5O2/c1-2-24(31)30-13-11-18(12-14-30)17-7-9-20(10-8-17)29-23-15-22(21(16-27-23)25(26)32)28-19-5-3-4-6-19/h7-10,15-16,18-19H,2-6,11-14H2,1H3,(H2,26,32)(H2,27,28,29). The summed E-state index contributed by atoms with van der Waals surface area (Å²) in [5, 5.41) is 6.81. The molecule has 2 fully saturated rings. The summed E-state index contributed by atoms with van der Waals surface area (Å²) in [6, 6.07) is 10.7. The largest absolute Gasteiger partial charge is 0.382 e. The van der Waals surface area contributed by atoms with Crippen LogP contribution >= 0.6 is 0 Å². The molecule has 2 aromatic rings. The third-order valence-electron chi connectivity index (χ3n) is 6.69. The van der Waals surface area contributed by atoms with Crippen LogP contribution in [0.5, 0.6) is 0 Å². The highest BCUT2D eigenvalue weighted by Crippen LogP contribution is 2.30. The summed E-state index contributed by atoms with van der Waals surface area (Å²) in [6.45, 7) is 3.60. The van der Waals surface area contributed by atoms with Gasteiger partial charge in [0, 0.05) is 43.5 Å². The van der Waals surface area contributed by atoms with Crippen LogP contribution in [0.1, 0.15) is 73.7 Å². The van der Waals surface area contributed by atoms with Gasteiger partial charge in [0.1, 0.15) is 5.82 Å². The summed E-state index contributed by atoms with van der Waals surface area (Å²) in [7, 11) is 0. The molecule has 0 atom stereocenters. The van der Waals surface area contributed by atoms with Gasteiger partial charge in [-0.05, 0) is 49.3 Å². The number of carbonyl (C=O) groups excluding carboxylic acids is 2. The number of hydrogen-bond donors (Lipinski definition) is 3. The van der Waals surface area contributed by atoms with Crippen molar-refractivity contribution in [1.82, 2.24) is 9.88 Å². The van der Waals surface area contributed by atoms with Gasteiger partial charge in [0.05, 0.1) is 11.3 Å². The molecule has 0 bridgehead atoms. The lowest BCUT2D eigenvalue weighted by atomic mass is 9.89. The van der Waals surface area contributed by atoms with Gasteiger partial charge in [-0.2, -0.15) is 0 Å². The Balaban J connectivity index is 1.41. The Kier molecular flexibility index (Phi) is 6.93. The predicted octanol–water partition coefficient (Wildman–Crippen LogP) is 4.39. The van der Waals surface area contributed by atoms with Crippen LogP contribution in [-0.4, -0.2) is 40.8 Å². The molecule has 32 heavy (non-hydrogen) atoms. The summed E-state index contributed by atoms with van der Waals surface area (Å²) < 4.78 is 0. The molecular weight excluding hydrogens is 402 g/mol. The monoisotopic (exact) mass is 435 g/mol. The van der Waals surface area contributed by atoms with Crippen LogP contribution in [0, 0.1) is 0 Å². The van der Waals surface area contributed by atoms with E-state index < -0.39 is 5.91 Å². The molecule has 7 heteroatoms. The number of rotatable bonds is 7. The van der Waals surface area contributed by atoms with Gasteiger partial charge in [-0.15, -0.1) is 0 Å². The van der Waals surface area contributed by atoms with E-state index in [-0.39, 0.29) is 5.91 Å². The van der Waals surface area contributed by atoms with Crippen molar-refractivity contribution in [1.29, 1.82) is 0 Å². The van der Waals surface area contributed by atoms with E-state index in [2.05, 4.69) is 39.9 Å². The molecule has 0 unspecified atom stereocenters. The van der Waals surface area contributed by atoms with E-state index >= 15 is 0 Å². The SMILES string of the molecule is CCC(=O)N1CCC(c2ccc(Nc3cc(NC4CCCC4)c(C(N)=O)cn3)cc2)CC1. The van der Waals surface area contributed by atoms with Gasteiger partial charge < -0.3 is 21.3 Å². The molecule has 1 aromatic heterocycles. The van der Waals surface area contributed by atoms with E-state index in [0.29, 0.717) is 29.8 Å². The second-order valence-electron chi connectivity index (χ2n) is 8.86. The van der Waals surface area contributed by atoms with Crippen LogP contribution in [0.2, 0.25) is 0 Å². The molecule has 4 rings (SSSR count). The number of nitrogens with two attached hydrogens (primary N) is 1. The van der Waals surface area contributed by atoms with Crippen molar-refractivity contribution >= 4 is 29.0 Å². The van der Waals surface area contributed by atoms with Gasteiger partial charge >= 0.3 is 0 Å². The molecule has 1 aliphatic carbocycles. The summed E-state index contributed by atoms with van der Waals surface area (Å²) in [5.74, 6) is 0.940. The summed E-state index contributed by atoms with van der Waals surface area (Å²) >= 11 is 0. The smallest absolute Gasteiger partial charge is 0.252 e. The van der Waals surface area contributed by atoms with E-state index in [9.17, 15) is 9.59 Å². The minimum Gasteiger partial charge on any atom is -0.382 e. The van der Waals surface area contributed by atoms with Gasteiger partial charge in [-0.25, -0.2) is 4.98 Å². The molecule has 2 heterocycles. The Morgan fingerprint density at radius 3 is 2.41 bits per heavy atom. The van der Waals surface area contributed by atoms with Crippen molar-refractivity contribution < 1.29 is 9.59 Å². The lowest BCUT2D eigenvalue weighted by molar-refractivity contribution is -0.131. The number of pyridine rings is 1. The third kappa shape index (κ3) is 5.21. The first-order valence-electron chi connectivity index (χ1n) is 11.7. The highest BCUT2D eigenvalue weighted by molar-refractivity contribution is 5.98. The summed E-state index contributed by atoms with van der Waals surface area (Å²) in [4.78, 5) is 30.1. The van der Waals surface area contributed by atoms with Gasteiger partial charge in [-0.3, -0.25) is 9.59 Å². The zero-order valence-corrected chi connectivity index (χ0v) is 18.8. The Morgan fingerprint density at radius 2 is 1.78 bits per heavy atom. The number of anilines is 3. The normalized spacial score (nSPS) is 17.3. The van der Waals surface area contributed by atoms with Gasteiger partial charge in [0.15, 0.2) is 0 Å². The molecule has 1 saturated heterocycles. The minimum absolute atomic E-state index is 0.250. The van der Waals surface area contributed by atoms with E-state index in [1.54, 1.807) is 6.20 Å². The number of likely N-dealkylation sites (tertiary alicyclic amines) is 1. The van der Waals surface area contributed by atoms with Gasteiger partial charge in [0.2, 0.25) is 5.91 Å². The number of piperidine rings is 1. The van der Waals surface area contributed by atoms with Crippen LogP contribution in [0.25, 0.3) is 0 Å². The Labute approximate surface area is 189 Å². The number of carbonyl (C=O) groups is 2.